The van der Waals surface area contributed by atoms with Crippen LogP contribution >= 0.6 is 0 Å². The number of hydrogen-bond acceptors (Lipinski definition) is 4. The summed E-state index contributed by atoms with van der Waals surface area (Å²) in [6, 6.07) is 13.0. The van der Waals surface area contributed by atoms with Crippen LogP contribution in [0.25, 0.3) is 0 Å². The zero-order chi connectivity index (χ0) is 27.1. The molecule has 0 aliphatic carbocycles. The number of nitrogens with zero attached hydrogens (tertiary/aromatic N) is 3. The Labute approximate surface area is 230 Å². The number of carboxylic acid groups (broad SMARTS) is 1. The lowest BCUT2D eigenvalue weighted by Crippen LogP contribution is -2.41. The summed E-state index contributed by atoms with van der Waals surface area (Å²) in [6.07, 6.45) is 10.2. The van der Waals surface area contributed by atoms with E-state index in [1.807, 2.05) is 6.07 Å². The van der Waals surface area contributed by atoms with Gasteiger partial charge in [0, 0.05) is 43.5 Å². The van der Waals surface area contributed by atoms with Gasteiger partial charge < -0.3 is 19.8 Å². The maximum Gasteiger partial charge on any atom is 0.335 e. The van der Waals surface area contributed by atoms with Crippen LogP contribution in [-0.2, 0) is 0 Å². The van der Waals surface area contributed by atoms with E-state index in [-0.39, 0.29) is 6.04 Å². The van der Waals surface area contributed by atoms with Crippen LogP contribution in [0, 0.1) is 6.92 Å². The molecule has 2 aromatic carbocycles. The Kier molecular flexibility index (Phi) is 10.1. The fraction of sp³-hybridized carbons (Fsp3) is 0.606. The number of likely N-dealkylation sites (tertiary alicyclic amines) is 1. The van der Waals surface area contributed by atoms with Gasteiger partial charge in [0.15, 0.2) is 0 Å². The van der Waals surface area contributed by atoms with Gasteiger partial charge in [-0.05, 0) is 80.6 Å². The lowest BCUT2D eigenvalue weighted by atomic mass is 9.86. The number of hydrogen-bond donors (Lipinski definition) is 1. The van der Waals surface area contributed by atoms with Gasteiger partial charge in [0.1, 0.15) is 0 Å². The fourth-order valence-corrected chi connectivity index (χ4v) is 6.62. The van der Waals surface area contributed by atoms with E-state index in [4.69, 9.17) is 0 Å². The largest absolute Gasteiger partial charge is 0.478 e. The van der Waals surface area contributed by atoms with Crippen LogP contribution in [-0.4, -0.2) is 55.2 Å². The van der Waals surface area contributed by atoms with Crippen LogP contribution in [0.4, 0.5) is 11.4 Å². The standard InChI is InChI=1S/C28H37N3O2.C5H12/c1-3-22-23-11-9-21(28(32)33)19-26(23)31-15-7-14-30(17-16-29-12-5-4-6-13-29)25-18-20(2)8-10-24(25)27(22)31;1-3-5-4-2/h8-11,18-19,22,27H,3-7,12-17H2,1-2H3,(H,32,33);3-5H2,1-2H3. The van der Waals surface area contributed by atoms with Crippen molar-refractivity contribution in [2.45, 2.75) is 91.0 Å². The summed E-state index contributed by atoms with van der Waals surface area (Å²) in [5.41, 5.74) is 6.91. The third-order valence-electron chi connectivity index (χ3n) is 8.66. The molecule has 0 saturated carbocycles. The predicted octanol–water partition coefficient (Wildman–Crippen LogP) is 7.64. The summed E-state index contributed by atoms with van der Waals surface area (Å²) in [4.78, 5) is 19.5. The first kappa shape index (κ1) is 28.5. The minimum absolute atomic E-state index is 0.266. The van der Waals surface area contributed by atoms with Crippen LogP contribution in [0.5, 0.6) is 0 Å². The summed E-state index contributed by atoms with van der Waals surface area (Å²) in [7, 11) is 0. The zero-order valence-electron chi connectivity index (χ0n) is 24.2. The number of benzene rings is 2. The Morgan fingerprint density at radius 2 is 1.58 bits per heavy atom. The smallest absolute Gasteiger partial charge is 0.335 e. The van der Waals surface area contributed by atoms with Crippen molar-refractivity contribution in [2.24, 2.45) is 0 Å². The maximum absolute atomic E-state index is 11.7. The van der Waals surface area contributed by atoms with Crippen molar-refractivity contribution in [3.63, 3.8) is 0 Å². The number of aryl methyl sites for hydroxylation is 1. The molecule has 3 aliphatic heterocycles. The van der Waals surface area contributed by atoms with E-state index >= 15 is 0 Å². The first-order valence-electron chi connectivity index (χ1n) is 15.2. The van der Waals surface area contributed by atoms with Gasteiger partial charge in [-0.2, -0.15) is 0 Å². The molecule has 0 spiro atoms. The molecule has 1 saturated heterocycles. The molecule has 5 nitrogen and oxygen atoms in total. The van der Waals surface area contributed by atoms with E-state index in [0.717, 1.165) is 44.7 Å². The third kappa shape index (κ3) is 6.36. The predicted molar refractivity (Wildman–Crippen MR) is 160 cm³/mol. The van der Waals surface area contributed by atoms with E-state index in [1.165, 1.54) is 74.0 Å². The molecule has 0 bridgehead atoms. The molecule has 3 heterocycles. The van der Waals surface area contributed by atoms with E-state index < -0.39 is 5.97 Å². The van der Waals surface area contributed by atoms with Crippen LogP contribution < -0.4 is 9.80 Å². The monoisotopic (exact) mass is 519 g/mol. The number of carboxylic acids is 1. The zero-order valence-corrected chi connectivity index (χ0v) is 24.2. The average Bonchev–Trinajstić information content (AvgIpc) is 3.23. The van der Waals surface area contributed by atoms with Gasteiger partial charge in [0.25, 0.3) is 0 Å². The van der Waals surface area contributed by atoms with Gasteiger partial charge >= 0.3 is 5.97 Å². The highest BCUT2D eigenvalue weighted by molar-refractivity contribution is 5.90. The minimum Gasteiger partial charge on any atom is -0.478 e. The van der Waals surface area contributed by atoms with Crippen molar-refractivity contribution in [1.29, 1.82) is 0 Å². The number of fused-ring (bicyclic) bond motifs is 5. The molecule has 5 heteroatoms. The molecule has 0 aromatic heterocycles. The molecule has 38 heavy (non-hydrogen) atoms. The molecule has 1 N–H and O–H groups in total. The second-order valence-corrected chi connectivity index (χ2v) is 11.4. The van der Waals surface area contributed by atoms with Gasteiger partial charge in [-0.25, -0.2) is 4.79 Å². The summed E-state index contributed by atoms with van der Waals surface area (Å²) in [5, 5.41) is 9.60. The molecule has 2 aromatic rings. The van der Waals surface area contributed by atoms with Gasteiger partial charge in [0.2, 0.25) is 0 Å². The molecule has 1 fully saturated rings. The molecule has 208 valence electrons. The lowest BCUT2D eigenvalue weighted by molar-refractivity contribution is 0.0697. The number of piperidine rings is 1. The van der Waals surface area contributed by atoms with E-state index in [9.17, 15) is 9.90 Å². The molecule has 0 radical (unpaired) electrons. The number of carbonyl (C=O) groups is 1. The summed E-state index contributed by atoms with van der Waals surface area (Å²) >= 11 is 0. The second-order valence-electron chi connectivity index (χ2n) is 11.4. The van der Waals surface area contributed by atoms with Gasteiger partial charge in [0.05, 0.1) is 11.6 Å². The van der Waals surface area contributed by atoms with Crippen molar-refractivity contribution >= 4 is 17.3 Å². The number of unbranched alkanes of at least 4 members (excludes halogenated alkanes) is 2. The number of aromatic carboxylic acids is 1. The van der Waals surface area contributed by atoms with E-state index in [0.29, 0.717) is 11.5 Å². The lowest BCUT2D eigenvalue weighted by Gasteiger charge is -2.39. The molecule has 3 aliphatic rings. The van der Waals surface area contributed by atoms with Crippen molar-refractivity contribution in [3.8, 4) is 0 Å². The molecular formula is C33H49N3O2. The van der Waals surface area contributed by atoms with Crippen molar-refractivity contribution in [2.75, 3.05) is 49.1 Å². The number of rotatable bonds is 7. The fourth-order valence-electron chi connectivity index (χ4n) is 6.62. The van der Waals surface area contributed by atoms with Gasteiger partial charge in [-0.15, -0.1) is 0 Å². The minimum atomic E-state index is -0.846. The number of anilines is 2. The SMILES string of the molecule is CCC1c2ccc(C(=O)O)cc2N2CCCN(CCN3CCCCC3)c3cc(C)ccc3C12.CCCCC. The van der Waals surface area contributed by atoms with Crippen molar-refractivity contribution in [3.05, 3.63) is 58.7 Å². The van der Waals surface area contributed by atoms with Crippen molar-refractivity contribution in [1.82, 2.24) is 4.90 Å². The van der Waals surface area contributed by atoms with E-state index in [1.54, 1.807) is 6.07 Å². The highest BCUT2D eigenvalue weighted by Crippen LogP contribution is 2.53. The highest BCUT2D eigenvalue weighted by atomic mass is 16.4. The molecular weight excluding hydrogens is 470 g/mol. The molecule has 2 unspecified atom stereocenters. The normalized spacial score (nSPS) is 20.9. The molecule has 0 amide bonds. The van der Waals surface area contributed by atoms with Crippen LogP contribution in [0.1, 0.15) is 111 Å². The highest BCUT2D eigenvalue weighted by Gasteiger charge is 2.41. The Bertz CT molecular complexity index is 1060. The quantitative estimate of drug-likeness (QED) is 0.407. The Balaban J connectivity index is 0.000000617. The van der Waals surface area contributed by atoms with Gasteiger partial charge in [-0.3, -0.25) is 0 Å². The molecule has 5 rings (SSSR count). The third-order valence-corrected chi connectivity index (χ3v) is 8.66. The maximum atomic E-state index is 11.7. The topological polar surface area (TPSA) is 47.0 Å². The Hall–Kier alpha value is -2.53. The van der Waals surface area contributed by atoms with Crippen LogP contribution in [0.15, 0.2) is 36.4 Å². The second kappa shape index (κ2) is 13.5. The summed E-state index contributed by atoms with van der Waals surface area (Å²) in [5.74, 6) is -0.465. The van der Waals surface area contributed by atoms with Crippen molar-refractivity contribution < 1.29 is 9.90 Å². The van der Waals surface area contributed by atoms with Gasteiger partial charge in [-0.1, -0.05) is 64.7 Å². The van der Waals surface area contributed by atoms with E-state index in [2.05, 4.69) is 66.7 Å². The van der Waals surface area contributed by atoms with Crippen LogP contribution in [0.2, 0.25) is 0 Å². The summed E-state index contributed by atoms with van der Waals surface area (Å²) in [6.45, 7) is 15.6. The first-order chi connectivity index (χ1) is 18.5. The average molecular weight is 520 g/mol. The first-order valence-corrected chi connectivity index (χ1v) is 15.2. The molecule has 2 atom stereocenters. The Morgan fingerprint density at radius 3 is 2.24 bits per heavy atom. The Morgan fingerprint density at radius 1 is 0.842 bits per heavy atom. The summed E-state index contributed by atoms with van der Waals surface area (Å²) < 4.78 is 0. The van der Waals surface area contributed by atoms with Crippen LogP contribution in [0.3, 0.4) is 0 Å².